The highest BCUT2D eigenvalue weighted by Crippen LogP contribution is 2.33. The molecule has 1 amide bonds. The minimum Gasteiger partial charge on any atom is -0.398 e. The summed E-state index contributed by atoms with van der Waals surface area (Å²) in [5.74, 6) is -0.242. The van der Waals surface area contributed by atoms with Gasteiger partial charge in [-0.25, -0.2) is 4.79 Å². The Morgan fingerprint density at radius 2 is 2.14 bits per heavy atom. The van der Waals surface area contributed by atoms with E-state index in [1.165, 1.54) is 4.57 Å². The van der Waals surface area contributed by atoms with Crippen LogP contribution < -0.4 is 16.7 Å². The van der Waals surface area contributed by atoms with E-state index in [-0.39, 0.29) is 18.1 Å². The quantitative estimate of drug-likeness (QED) is 0.836. The first-order chi connectivity index (χ1) is 10.0. The predicted octanol–water partition coefficient (Wildman–Crippen LogP) is 1.51. The lowest BCUT2D eigenvalue weighted by Crippen LogP contribution is -2.28. The number of aromatic nitrogens is 2. The van der Waals surface area contributed by atoms with Crippen molar-refractivity contribution in [3.63, 3.8) is 0 Å². The Morgan fingerprint density at radius 3 is 2.81 bits per heavy atom. The maximum absolute atomic E-state index is 12.1. The molecule has 0 bridgehead atoms. The standard InChI is InChI=1S/C15H18N4O2/c1-10-2-3-11(8-13(10)16)17-14(20)9-18-6-7-19(15(18)21)12-4-5-12/h2-3,6-8,12H,4-5,9,16H2,1H3,(H,17,20). The van der Waals surface area contributed by atoms with Gasteiger partial charge in [-0.3, -0.25) is 13.9 Å². The van der Waals surface area contributed by atoms with Crippen LogP contribution in [0.25, 0.3) is 0 Å². The van der Waals surface area contributed by atoms with E-state index in [9.17, 15) is 9.59 Å². The summed E-state index contributed by atoms with van der Waals surface area (Å²) in [5, 5.41) is 2.75. The fourth-order valence-corrected chi connectivity index (χ4v) is 2.25. The highest BCUT2D eigenvalue weighted by atomic mass is 16.2. The third-order valence-electron chi connectivity index (χ3n) is 3.69. The van der Waals surface area contributed by atoms with E-state index in [0.717, 1.165) is 18.4 Å². The van der Waals surface area contributed by atoms with Gasteiger partial charge >= 0.3 is 5.69 Å². The van der Waals surface area contributed by atoms with Gasteiger partial charge in [0.2, 0.25) is 5.91 Å². The van der Waals surface area contributed by atoms with Gasteiger partial charge in [-0.1, -0.05) is 6.07 Å². The third kappa shape index (κ3) is 2.84. The molecule has 3 N–H and O–H groups in total. The van der Waals surface area contributed by atoms with Crippen molar-refractivity contribution in [1.29, 1.82) is 0 Å². The number of carbonyl (C=O) groups is 1. The molecule has 0 unspecified atom stereocenters. The number of benzene rings is 1. The van der Waals surface area contributed by atoms with Crippen LogP contribution in [0.3, 0.4) is 0 Å². The number of imidazole rings is 1. The molecular formula is C15H18N4O2. The minimum absolute atomic E-state index is 0.00628. The zero-order chi connectivity index (χ0) is 15.0. The Kier molecular flexibility index (Phi) is 3.29. The molecule has 6 heteroatoms. The van der Waals surface area contributed by atoms with Gasteiger partial charge in [0.1, 0.15) is 6.54 Å². The molecule has 0 spiro atoms. The summed E-state index contributed by atoms with van der Waals surface area (Å²) in [7, 11) is 0. The van der Waals surface area contributed by atoms with Crippen molar-refractivity contribution in [3.05, 3.63) is 46.6 Å². The lowest BCUT2D eigenvalue weighted by Gasteiger charge is -2.07. The van der Waals surface area contributed by atoms with Crippen LogP contribution in [0.1, 0.15) is 24.4 Å². The number of rotatable bonds is 4. The maximum Gasteiger partial charge on any atom is 0.328 e. The van der Waals surface area contributed by atoms with Gasteiger partial charge in [0.15, 0.2) is 0 Å². The van der Waals surface area contributed by atoms with Gasteiger partial charge in [0, 0.05) is 29.8 Å². The molecule has 0 aliphatic heterocycles. The Hall–Kier alpha value is -2.50. The van der Waals surface area contributed by atoms with Crippen molar-refractivity contribution >= 4 is 17.3 Å². The molecule has 1 fully saturated rings. The second kappa shape index (κ2) is 5.12. The highest BCUT2D eigenvalue weighted by Gasteiger charge is 2.25. The Bertz CT molecular complexity index is 740. The van der Waals surface area contributed by atoms with Crippen LogP contribution in [0.4, 0.5) is 11.4 Å². The van der Waals surface area contributed by atoms with Gasteiger partial charge in [0.25, 0.3) is 0 Å². The van der Waals surface area contributed by atoms with Crippen molar-refractivity contribution < 1.29 is 4.79 Å². The minimum atomic E-state index is -0.242. The monoisotopic (exact) mass is 286 g/mol. The van der Waals surface area contributed by atoms with E-state index < -0.39 is 0 Å². The van der Waals surface area contributed by atoms with E-state index in [0.29, 0.717) is 17.4 Å². The summed E-state index contributed by atoms with van der Waals surface area (Å²) in [6, 6.07) is 5.67. The molecule has 6 nitrogen and oxygen atoms in total. The van der Waals surface area contributed by atoms with Crippen LogP contribution in [0.2, 0.25) is 0 Å². The third-order valence-corrected chi connectivity index (χ3v) is 3.69. The summed E-state index contributed by atoms with van der Waals surface area (Å²) >= 11 is 0. The van der Waals surface area contributed by atoms with Crippen molar-refractivity contribution in [3.8, 4) is 0 Å². The number of nitrogens with two attached hydrogens (primary N) is 1. The molecule has 0 atom stereocenters. The molecule has 2 aromatic rings. The SMILES string of the molecule is Cc1ccc(NC(=O)Cn2ccn(C3CC3)c2=O)cc1N. The number of hydrogen-bond acceptors (Lipinski definition) is 3. The first-order valence-corrected chi connectivity index (χ1v) is 6.98. The molecule has 21 heavy (non-hydrogen) atoms. The number of carbonyl (C=O) groups excluding carboxylic acids is 1. The zero-order valence-corrected chi connectivity index (χ0v) is 11.9. The van der Waals surface area contributed by atoms with Gasteiger partial charge in [-0.2, -0.15) is 0 Å². The van der Waals surface area contributed by atoms with E-state index >= 15 is 0 Å². The van der Waals surface area contributed by atoms with Crippen molar-refractivity contribution in [2.24, 2.45) is 0 Å². The highest BCUT2D eigenvalue weighted by molar-refractivity contribution is 5.91. The Balaban J connectivity index is 1.68. The average Bonchev–Trinajstić information content (AvgIpc) is 3.21. The van der Waals surface area contributed by atoms with Crippen LogP contribution in [0.15, 0.2) is 35.4 Å². The van der Waals surface area contributed by atoms with Gasteiger partial charge in [-0.05, 0) is 37.5 Å². The normalized spacial score (nSPS) is 14.1. The van der Waals surface area contributed by atoms with E-state index in [1.54, 1.807) is 29.1 Å². The predicted molar refractivity (Wildman–Crippen MR) is 81.2 cm³/mol. The summed E-state index contributed by atoms with van der Waals surface area (Å²) < 4.78 is 3.11. The molecule has 1 heterocycles. The molecule has 1 saturated carbocycles. The van der Waals surface area contributed by atoms with Crippen LogP contribution in [-0.2, 0) is 11.3 Å². The van der Waals surface area contributed by atoms with Gasteiger partial charge in [-0.15, -0.1) is 0 Å². The second-order valence-corrected chi connectivity index (χ2v) is 5.47. The van der Waals surface area contributed by atoms with Crippen molar-refractivity contribution in [2.75, 3.05) is 11.1 Å². The summed E-state index contributed by atoms with van der Waals surface area (Å²) in [6.07, 6.45) is 5.48. The summed E-state index contributed by atoms with van der Waals surface area (Å²) in [4.78, 5) is 24.1. The Morgan fingerprint density at radius 1 is 1.38 bits per heavy atom. The van der Waals surface area contributed by atoms with E-state index in [1.807, 2.05) is 13.0 Å². The summed E-state index contributed by atoms with van der Waals surface area (Å²) in [5.41, 5.74) is 7.91. The lowest BCUT2D eigenvalue weighted by molar-refractivity contribution is -0.116. The number of nitrogens with one attached hydrogen (secondary N) is 1. The smallest absolute Gasteiger partial charge is 0.328 e. The number of anilines is 2. The second-order valence-electron chi connectivity index (χ2n) is 5.47. The molecule has 1 aromatic carbocycles. The maximum atomic E-state index is 12.1. The van der Waals surface area contributed by atoms with Crippen LogP contribution in [0.5, 0.6) is 0 Å². The topological polar surface area (TPSA) is 82.0 Å². The number of aryl methyl sites for hydroxylation is 1. The fourth-order valence-electron chi connectivity index (χ4n) is 2.25. The van der Waals surface area contributed by atoms with Gasteiger partial charge in [0.05, 0.1) is 0 Å². The Labute approximate surface area is 122 Å². The van der Waals surface area contributed by atoms with E-state index in [2.05, 4.69) is 5.32 Å². The van der Waals surface area contributed by atoms with E-state index in [4.69, 9.17) is 5.73 Å². The van der Waals surface area contributed by atoms with Crippen molar-refractivity contribution in [1.82, 2.24) is 9.13 Å². The molecule has 1 aromatic heterocycles. The van der Waals surface area contributed by atoms with Crippen LogP contribution >= 0.6 is 0 Å². The molecule has 3 rings (SSSR count). The molecular weight excluding hydrogens is 268 g/mol. The first kappa shape index (κ1) is 13.5. The molecule has 1 aliphatic carbocycles. The van der Waals surface area contributed by atoms with Crippen LogP contribution in [-0.4, -0.2) is 15.0 Å². The molecule has 0 saturated heterocycles. The first-order valence-electron chi connectivity index (χ1n) is 6.98. The fraction of sp³-hybridized carbons (Fsp3) is 0.333. The molecule has 1 aliphatic rings. The summed E-state index contributed by atoms with van der Waals surface area (Å²) in [6.45, 7) is 1.91. The molecule has 0 radical (unpaired) electrons. The zero-order valence-electron chi connectivity index (χ0n) is 11.9. The molecule has 110 valence electrons. The van der Waals surface area contributed by atoms with Gasteiger partial charge < -0.3 is 11.1 Å². The number of nitrogen functional groups attached to an aromatic ring is 1. The van der Waals surface area contributed by atoms with Crippen LogP contribution in [0, 0.1) is 6.92 Å². The number of nitrogens with zero attached hydrogens (tertiary/aromatic N) is 2. The average molecular weight is 286 g/mol. The van der Waals surface area contributed by atoms with Crippen molar-refractivity contribution in [2.45, 2.75) is 32.4 Å². The lowest BCUT2D eigenvalue weighted by atomic mass is 10.2. The number of amides is 1. The largest absolute Gasteiger partial charge is 0.398 e. The number of hydrogen-bond donors (Lipinski definition) is 2.